The van der Waals surface area contributed by atoms with Gasteiger partial charge in [-0.3, -0.25) is 4.79 Å². The number of hydrogen-bond acceptors (Lipinski definition) is 4. The summed E-state index contributed by atoms with van der Waals surface area (Å²) in [7, 11) is 3.24. The van der Waals surface area contributed by atoms with Gasteiger partial charge >= 0.3 is 5.97 Å². The summed E-state index contributed by atoms with van der Waals surface area (Å²) in [4.78, 5) is 13.0. The number of benzene rings is 1. The number of methoxy groups -OCH3 is 1. The van der Waals surface area contributed by atoms with Crippen LogP contribution in [0.5, 0.6) is 0 Å². The molecule has 0 aliphatic carbocycles. The zero-order chi connectivity index (χ0) is 15.0. The molecule has 0 heterocycles. The predicted molar refractivity (Wildman–Crippen MR) is 85.2 cm³/mol. The van der Waals surface area contributed by atoms with Crippen LogP contribution in [0.15, 0.2) is 29.2 Å². The van der Waals surface area contributed by atoms with E-state index in [1.807, 2.05) is 18.7 Å². The average molecular weight is 295 g/mol. The highest BCUT2D eigenvalue weighted by molar-refractivity contribution is 7.99. The molecule has 3 nitrogen and oxygen atoms in total. The zero-order valence-electron chi connectivity index (χ0n) is 12.9. The first kappa shape index (κ1) is 17.1. The summed E-state index contributed by atoms with van der Waals surface area (Å²) < 4.78 is 4.84. The number of carbonyl (C=O) groups excluding carboxylic acids is 1. The normalized spacial score (nSPS) is 13.8. The number of carbonyl (C=O) groups is 1. The van der Waals surface area contributed by atoms with Crippen LogP contribution in [0.25, 0.3) is 0 Å². The minimum Gasteiger partial charge on any atom is -0.468 e. The van der Waals surface area contributed by atoms with Crippen molar-refractivity contribution in [3.8, 4) is 0 Å². The van der Waals surface area contributed by atoms with Crippen molar-refractivity contribution >= 4 is 17.7 Å². The number of hydrogen-bond donors (Lipinski definition) is 1. The van der Waals surface area contributed by atoms with E-state index < -0.39 is 5.54 Å². The van der Waals surface area contributed by atoms with Gasteiger partial charge in [0.05, 0.1) is 7.11 Å². The molecule has 0 saturated carbocycles. The van der Waals surface area contributed by atoms with E-state index in [1.165, 1.54) is 17.6 Å². The van der Waals surface area contributed by atoms with Crippen molar-refractivity contribution in [2.45, 2.75) is 43.5 Å². The third-order valence-electron chi connectivity index (χ3n) is 3.61. The summed E-state index contributed by atoms with van der Waals surface area (Å²) in [6.45, 7) is 4.03. The number of nitrogens with one attached hydrogen (secondary N) is 1. The number of unbranched alkanes of at least 4 members (excludes halogenated alkanes) is 1. The fourth-order valence-electron chi connectivity index (χ4n) is 2.04. The Morgan fingerprint density at radius 1 is 1.35 bits per heavy atom. The second-order valence-corrected chi connectivity index (χ2v) is 6.28. The molecule has 1 aromatic rings. The molecule has 1 unspecified atom stereocenters. The van der Waals surface area contributed by atoms with Gasteiger partial charge in [-0.05, 0) is 51.1 Å². The molecule has 112 valence electrons. The summed E-state index contributed by atoms with van der Waals surface area (Å²) >= 11 is 1.88. The number of likely N-dealkylation sites (N-methyl/N-ethyl adjacent to an activating group) is 1. The maximum Gasteiger partial charge on any atom is 0.325 e. The molecular weight excluding hydrogens is 270 g/mol. The Morgan fingerprint density at radius 2 is 2.05 bits per heavy atom. The topological polar surface area (TPSA) is 38.3 Å². The van der Waals surface area contributed by atoms with Crippen molar-refractivity contribution in [2.24, 2.45) is 0 Å². The Bertz CT molecular complexity index is 436. The molecule has 0 aliphatic rings. The van der Waals surface area contributed by atoms with Gasteiger partial charge in [-0.15, -0.1) is 11.8 Å². The Labute approximate surface area is 126 Å². The minimum atomic E-state index is -0.567. The van der Waals surface area contributed by atoms with Crippen LogP contribution in [-0.4, -0.2) is 31.4 Å². The van der Waals surface area contributed by atoms with Gasteiger partial charge < -0.3 is 10.1 Å². The maximum atomic E-state index is 11.7. The van der Waals surface area contributed by atoms with Gasteiger partial charge in [-0.25, -0.2) is 0 Å². The van der Waals surface area contributed by atoms with E-state index in [1.54, 1.807) is 7.05 Å². The summed E-state index contributed by atoms with van der Waals surface area (Å²) in [5.41, 5.74) is 0.759. The van der Waals surface area contributed by atoms with Gasteiger partial charge in [0.2, 0.25) is 0 Å². The van der Waals surface area contributed by atoms with Gasteiger partial charge in [-0.1, -0.05) is 24.6 Å². The van der Waals surface area contributed by atoms with E-state index >= 15 is 0 Å². The lowest BCUT2D eigenvalue weighted by Gasteiger charge is -2.25. The summed E-state index contributed by atoms with van der Waals surface area (Å²) in [6.07, 6.45) is 2.89. The molecule has 0 amide bonds. The lowest BCUT2D eigenvalue weighted by atomic mass is 9.95. The van der Waals surface area contributed by atoms with Gasteiger partial charge in [0.15, 0.2) is 0 Å². The van der Waals surface area contributed by atoms with Crippen LogP contribution in [0.1, 0.15) is 31.7 Å². The summed E-state index contributed by atoms with van der Waals surface area (Å²) in [6, 6.07) is 8.43. The molecule has 1 N–H and O–H groups in total. The maximum absolute atomic E-state index is 11.7. The highest BCUT2D eigenvalue weighted by Gasteiger charge is 2.31. The van der Waals surface area contributed by atoms with Gasteiger partial charge in [-0.2, -0.15) is 0 Å². The number of thioether (sulfide) groups is 1. The van der Waals surface area contributed by atoms with E-state index in [4.69, 9.17) is 4.74 Å². The highest BCUT2D eigenvalue weighted by atomic mass is 32.2. The number of ether oxygens (including phenoxy) is 1. The quantitative estimate of drug-likeness (QED) is 0.453. The Hall–Kier alpha value is -1.00. The molecule has 0 saturated heterocycles. The van der Waals surface area contributed by atoms with Crippen LogP contribution in [-0.2, 0) is 9.53 Å². The van der Waals surface area contributed by atoms with Crippen molar-refractivity contribution in [2.75, 3.05) is 19.9 Å². The van der Waals surface area contributed by atoms with E-state index in [-0.39, 0.29) is 5.97 Å². The third kappa shape index (κ3) is 4.84. The van der Waals surface area contributed by atoms with Gasteiger partial charge in [0.25, 0.3) is 0 Å². The van der Waals surface area contributed by atoms with Crippen molar-refractivity contribution in [3.63, 3.8) is 0 Å². The van der Waals surface area contributed by atoms with Crippen LogP contribution in [0, 0.1) is 6.92 Å². The fourth-order valence-corrected chi connectivity index (χ4v) is 3.07. The Morgan fingerprint density at radius 3 is 2.65 bits per heavy atom. The second kappa shape index (κ2) is 8.32. The fraction of sp³-hybridized carbons (Fsp3) is 0.562. The average Bonchev–Trinajstić information content (AvgIpc) is 2.47. The van der Waals surface area contributed by atoms with E-state index in [2.05, 4.69) is 36.5 Å². The summed E-state index contributed by atoms with van der Waals surface area (Å²) in [5.74, 6) is 0.887. The van der Waals surface area contributed by atoms with E-state index in [0.29, 0.717) is 0 Å². The molecule has 1 aromatic carbocycles. The highest BCUT2D eigenvalue weighted by Crippen LogP contribution is 2.24. The molecule has 1 rings (SSSR count). The predicted octanol–water partition coefficient (Wildman–Crippen LogP) is 3.41. The van der Waals surface area contributed by atoms with Crippen LogP contribution in [0.4, 0.5) is 0 Å². The molecule has 0 aliphatic heterocycles. The smallest absolute Gasteiger partial charge is 0.325 e. The zero-order valence-corrected chi connectivity index (χ0v) is 13.7. The van der Waals surface area contributed by atoms with E-state index in [0.717, 1.165) is 25.0 Å². The molecule has 0 spiro atoms. The van der Waals surface area contributed by atoms with Crippen molar-refractivity contribution in [1.82, 2.24) is 5.32 Å². The number of rotatable bonds is 8. The molecule has 0 fully saturated rings. The third-order valence-corrected chi connectivity index (χ3v) is 4.87. The number of aryl methyl sites for hydroxylation is 1. The molecule has 1 atom stereocenters. The molecular formula is C16H25NO2S. The largest absolute Gasteiger partial charge is 0.468 e. The van der Waals surface area contributed by atoms with Crippen LogP contribution < -0.4 is 5.32 Å². The lowest BCUT2D eigenvalue weighted by Crippen LogP contribution is -2.48. The monoisotopic (exact) mass is 295 g/mol. The Kier molecular flexibility index (Phi) is 7.10. The van der Waals surface area contributed by atoms with Crippen LogP contribution in [0.3, 0.4) is 0 Å². The van der Waals surface area contributed by atoms with E-state index in [9.17, 15) is 4.79 Å². The lowest BCUT2D eigenvalue weighted by molar-refractivity contribution is -0.148. The number of esters is 1. The molecule has 20 heavy (non-hydrogen) atoms. The molecule has 0 radical (unpaired) electrons. The van der Waals surface area contributed by atoms with Crippen molar-refractivity contribution in [1.29, 1.82) is 0 Å². The summed E-state index contributed by atoms with van der Waals surface area (Å²) in [5, 5.41) is 3.07. The first-order chi connectivity index (χ1) is 9.53. The van der Waals surface area contributed by atoms with Crippen LogP contribution >= 0.6 is 11.8 Å². The molecule has 0 bridgehead atoms. The van der Waals surface area contributed by atoms with Gasteiger partial charge in [0, 0.05) is 4.90 Å². The van der Waals surface area contributed by atoms with Crippen molar-refractivity contribution in [3.05, 3.63) is 29.8 Å². The van der Waals surface area contributed by atoms with Gasteiger partial charge in [0.1, 0.15) is 5.54 Å². The molecule has 4 heteroatoms. The Balaban J connectivity index is 2.31. The first-order valence-corrected chi connectivity index (χ1v) is 7.98. The first-order valence-electron chi connectivity index (χ1n) is 6.99. The SMILES string of the molecule is CNC(C)(CCCCSc1ccccc1C)C(=O)OC. The minimum absolute atomic E-state index is 0.188. The van der Waals surface area contributed by atoms with Crippen LogP contribution in [0.2, 0.25) is 0 Å². The second-order valence-electron chi connectivity index (χ2n) is 5.14. The van der Waals surface area contributed by atoms with Crippen molar-refractivity contribution < 1.29 is 9.53 Å². The molecule has 0 aromatic heterocycles. The standard InChI is InChI=1S/C16H25NO2S/c1-13-9-5-6-10-14(13)20-12-8-7-11-16(2,17-3)15(18)19-4/h5-6,9-10,17H,7-8,11-12H2,1-4H3.